The van der Waals surface area contributed by atoms with Crippen molar-refractivity contribution in [2.75, 3.05) is 19.6 Å². The highest BCUT2D eigenvalue weighted by molar-refractivity contribution is 5.10. The standard InChI is InChI=1S/C16H24FN3/c17-15-9-14(10-18-11-15)12-20-8-4-7-19-16(13-20)5-2-1-3-6-16/h9-11,19H,1-8,12-13H2. The fourth-order valence-electron chi connectivity index (χ4n) is 3.72. The Morgan fingerprint density at radius 3 is 2.85 bits per heavy atom. The lowest BCUT2D eigenvalue weighted by molar-refractivity contribution is 0.159. The van der Waals surface area contributed by atoms with Crippen LogP contribution in [0.5, 0.6) is 0 Å². The highest BCUT2D eigenvalue weighted by atomic mass is 19.1. The molecule has 0 atom stereocenters. The Morgan fingerprint density at radius 1 is 1.20 bits per heavy atom. The summed E-state index contributed by atoms with van der Waals surface area (Å²) in [4.78, 5) is 6.43. The van der Waals surface area contributed by atoms with E-state index in [9.17, 15) is 4.39 Å². The highest BCUT2D eigenvalue weighted by Gasteiger charge is 2.34. The van der Waals surface area contributed by atoms with E-state index in [0.29, 0.717) is 5.54 Å². The van der Waals surface area contributed by atoms with Gasteiger partial charge in [-0.25, -0.2) is 4.39 Å². The monoisotopic (exact) mass is 277 g/mol. The summed E-state index contributed by atoms with van der Waals surface area (Å²) in [7, 11) is 0. The first-order chi connectivity index (χ1) is 9.76. The molecule has 0 unspecified atom stereocenters. The molecule has 3 nitrogen and oxygen atoms in total. The van der Waals surface area contributed by atoms with Gasteiger partial charge in [-0.15, -0.1) is 0 Å². The number of aromatic nitrogens is 1. The van der Waals surface area contributed by atoms with Gasteiger partial charge in [0.1, 0.15) is 5.82 Å². The van der Waals surface area contributed by atoms with E-state index in [1.807, 2.05) is 0 Å². The number of halogens is 1. The van der Waals surface area contributed by atoms with E-state index in [1.165, 1.54) is 44.7 Å². The number of nitrogens with one attached hydrogen (secondary N) is 1. The van der Waals surface area contributed by atoms with Crippen molar-refractivity contribution >= 4 is 0 Å². The van der Waals surface area contributed by atoms with Crippen LogP contribution < -0.4 is 5.32 Å². The Balaban J connectivity index is 1.68. The Hall–Kier alpha value is -1.00. The first-order valence-corrected chi connectivity index (χ1v) is 7.83. The second-order valence-electron chi connectivity index (χ2n) is 6.34. The largest absolute Gasteiger partial charge is 0.310 e. The maximum atomic E-state index is 13.3. The van der Waals surface area contributed by atoms with Crippen molar-refractivity contribution in [2.45, 2.75) is 50.6 Å². The molecular formula is C16H24FN3. The molecule has 1 saturated heterocycles. The average Bonchev–Trinajstić information content (AvgIpc) is 2.62. The molecule has 20 heavy (non-hydrogen) atoms. The molecule has 0 amide bonds. The Morgan fingerprint density at radius 2 is 2.05 bits per heavy atom. The molecule has 1 aromatic rings. The van der Waals surface area contributed by atoms with Crippen LogP contribution >= 0.6 is 0 Å². The zero-order chi connectivity index (χ0) is 13.8. The van der Waals surface area contributed by atoms with Crippen LogP contribution in [-0.4, -0.2) is 35.1 Å². The van der Waals surface area contributed by atoms with Gasteiger partial charge in [0, 0.05) is 24.8 Å². The molecule has 3 rings (SSSR count). The Labute approximate surface area is 120 Å². The van der Waals surface area contributed by atoms with Gasteiger partial charge >= 0.3 is 0 Å². The van der Waals surface area contributed by atoms with Crippen LogP contribution in [0.25, 0.3) is 0 Å². The predicted molar refractivity (Wildman–Crippen MR) is 77.9 cm³/mol. The van der Waals surface area contributed by atoms with E-state index >= 15 is 0 Å². The Kier molecular flexibility index (Phi) is 4.32. The zero-order valence-corrected chi connectivity index (χ0v) is 12.1. The van der Waals surface area contributed by atoms with Gasteiger partial charge < -0.3 is 5.32 Å². The topological polar surface area (TPSA) is 28.2 Å². The lowest BCUT2D eigenvalue weighted by Gasteiger charge is -2.40. The van der Waals surface area contributed by atoms with Crippen LogP contribution in [-0.2, 0) is 6.54 Å². The molecule has 1 aliphatic carbocycles. The number of rotatable bonds is 2. The zero-order valence-electron chi connectivity index (χ0n) is 12.1. The van der Waals surface area contributed by atoms with Gasteiger partial charge in [-0.2, -0.15) is 0 Å². The molecule has 1 aliphatic heterocycles. The minimum Gasteiger partial charge on any atom is -0.310 e. The second kappa shape index (κ2) is 6.19. The van der Waals surface area contributed by atoms with E-state index in [0.717, 1.165) is 31.7 Å². The van der Waals surface area contributed by atoms with Crippen molar-refractivity contribution in [3.8, 4) is 0 Å². The number of nitrogens with zero attached hydrogens (tertiary/aromatic N) is 2. The number of pyridine rings is 1. The molecule has 0 radical (unpaired) electrons. The molecule has 110 valence electrons. The van der Waals surface area contributed by atoms with E-state index in [4.69, 9.17) is 0 Å². The molecule has 1 spiro atoms. The fourth-order valence-corrected chi connectivity index (χ4v) is 3.72. The van der Waals surface area contributed by atoms with Crippen molar-refractivity contribution in [2.24, 2.45) is 0 Å². The summed E-state index contributed by atoms with van der Waals surface area (Å²) in [6, 6.07) is 1.61. The highest BCUT2D eigenvalue weighted by Crippen LogP contribution is 2.30. The maximum Gasteiger partial charge on any atom is 0.141 e. The van der Waals surface area contributed by atoms with Gasteiger partial charge in [-0.3, -0.25) is 9.88 Å². The third-order valence-corrected chi connectivity index (χ3v) is 4.66. The van der Waals surface area contributed by atoms with Crippen LogP contribution in [0.1, 0.15) is 44.1 Å². The predicted octanol–water partition coefficient (Wildman–Crippen LogP) is 2.72. The minimum atomic E-state index is -0.233. The van der Waals surface area contributed by atoms with Crippen LogP contribution in [0.4, 0.5) is 4.39 Å². The summed E-state index contributed by atoms with van der Waals surface area (Å²) in [5, 5.41) is 3.79. The van der Waals surface area contributed by atoms with Crippen molar-refractivity contribution in [3.63, 3.8) is 0 Å². The third-order valence-electron chi connectivity index (χ3n) is 4.66. The first kappa shape index (κ1) is 14.0. The van der Waals surface area contributed by atoms with Crippen LogP contribution in [0.3, 0.4) is 0 Å². The van der Waals surface area contributed by atoms with Gasteiger partial charge in [0.15, 0.2) is 0 Å². The number of hydrogen-bond acceptors (Lipinski definition) is 3. The van der Waals surface area contributed by atoms with Crippen molar-refractivity contribution in [1.29, 1.82) is 0 Å². The van der Waals surface area contributed by atoms with Gasteiger partial charge in [-0.1, -0.05) is 19.3 Å². The Bertz CT molecular complexity index is 443. The smallest absolute Gasteiger partial charge is 0.141 e. The summed E-state index contributed by atoms with van der Waals surface area (Å²) in [6.07, 6.45) is 10.8. The maximum absolute atomic E-state index is 13.3. The molecule has 2 fully saturated rings. The van der Waals surface area contributed by atoms with Gasteiger partial charge in [-0.05, 0) is 44.0 Å². The number of hydrogen-bond donors (Lipinski definition) is 1. The van der Waals surface area contributed by atoms with Gasteiger partial charge in [0.2, 0.25) is 0 Å². The minimum absolute atomic E-state index is 0.233. The SMILES string of the molecule is Fc1cncc(CN2CCCNC3(CCCCC3)C2)c1. The summed E-state index contributed by atoms with van der Waals surface area (Å²) < 4.78 is 13.3. The fraction of sp³-hybridized carbons (Fsp3) is 0.688. The van der Waals surface area contributed by atoms with E-state index < -0.39 is 0 Å². The quantitative estimate of drug-likeness (QED) is 0.901. The molecule has 2 heterocycles. The summed E-state index contributed by atoms with van der Waals surface area (Å²) >= 11 is 0. The van der Waals surface area contributed by atoms with E-state index in [1.54, 1.807) is 12.3 Å². The van der Waals surface area contributed by atoms with Crippen LogP contribution in [0.2, 0.25) is 0 Å². The first-order valence-electron chi connectivity index (χ1n) is 7.83. The van der Waals surface area contributed by atoms with Crippen LogP contribution in [0.15, 0.2) is 18.5 Å². The lowest BCUT2D eigenvalue weighted by atomic mass is 9.81. The van der Waals surface area contributed by atoms with Crippen molar-refractivity contribution in [3.05, 3.63) is 29.8 Å². The summed E-state index contributed by atoms with van der Waals surface area (Å²) in [5.41, 5.74) is 1.29. The molecule has 0 aromatic carbocycles. The second-order valence-corrected chi connectivity index (χ2v) is 6.34. The summed E-state index contributed by atoms with van der Waals surface area (Å²) in [6.45, 7) is 4.10. The average molecular weight is 277 g/mol. The third kappa shape index (κ3) is 3.36. The van der Waals surface area contributed by atoms with E-state index in [2.05, 4.69) is 15.2 Å². The molecule has 1 N–H and O–H groups in total. The van der Waals surface area contributed by atoms with Gasteiger partial charge in [0.25, 0.3) is 0 Å². The van der Waals surface area contributed by atoms with Crippen molar-refractivity contribution < 1.29 is 4.39 Å². The summed E-state index contributed by atoms with van der Waals surface area (Å²) in [5.74, 6) is -0.233. The lowest BCUT2D eigenvalue weighted by Crippen LogP contribution is -2.52. The van der Waals surface area contributed by atoms with Crippen LogP contribution in [0, 0.1) is 5.82 Å². The van der Waals surface area contributed by atoms with E-state index in [-0.39, 0.29) is 5.82 Å². The van der Waals surface area contributed by atoms with Crippen molar-refractivity contribution in [1.82, 2.24) is 15.2 Å². The van der Waals surface area contributed by atoms with Gasteiger partial charge in [0.05, 0.1) is 6.20 Å². The molecular weight excluding hydrogens is 253 g/mol. The molecule has 0 bridgehead atoms. The molecule has 1 saturated carbocycles. The molecule has 4 heteroatoms. The molecule has 1 aromatic heterocycles. The molecule has 2 aliphatic rings. The normalized spacial score (nSPS) is 23.6.